The Kier molecular flexibility index (Phi) is 2.82. The minimum atomic E-state index is -0.428. The van der Waals surface area contributed by atoms with Crippen LogP contribution in [0.15, 0.2) is 24.3 Å². The number of carbonyl (C=O) groups excluding carboxylic acids is 1. The second-order valence-corrected chi connectivity index (χ2v) is 3.78. The fourth-order valence-corrected chi connectivity index (χ4v) is 1.84. The number of ether oxygens (including phenoxy) is 1. The lowest BCUT2D eigenvalue weighted by atomic mass is 10.2. The monoisotopic (exact) mass is 225 g/mol. The molecule has 0 N–H and O–H groups in total. The van der Waals surface area contributed by atoms with Crippen LogP contribution in [0.4, 0.5) is 5.69 Å². The van der Waals surface area contributed by atoms with Gasteiger partial charge in [0.25, 0.3) is 5.91 Å². The maximum atomic E-state index is 11.8. The summed E-state index contributed by atoms with van der Waals surface area (Å²) in [5.74, 6) is 1.14. The van der Waals surface area contributed by atoms with Crippen LogP contribution in [-0.2, 0) is 4.79 Å². The first-order chi connectivity index (χ1) is 7.24. The van der Waals surface area contributed by atoms with Gasteiger partial charge in [0.05, 0.1) is 5.69 Å². The molecule has 80 valence electrons. The van der Waals surface area contributed by atoms with Crippen LogP contribution < -0.4 is 9.64 Å². The van der Waals surface area contributed by atoms with Gasteiger partial charge in [-0.25, -0.2) is 0 Å². The number of hydrogen-bond acceptors (Lipinski definition) is 2. The van der Waals surface area contributed by atoms with Crippen molar-refractivity contribution in [2.45, 2.75) is 13.0 Å². The molecule has 4 heteroatoms. The SMILES string of the molecule is C[C@H]1Oc2ccccc2N(CCCl)C1=O. The highest BCUT2D eigenvalue weighted by molar-refractivity contribution is 6.18. The van der Waals surface area contributed by atoms with Crippen LogP contribution in [0.2, 0.25) is 0 Å². The Bertz CT molecular complexity index is 381. The Morgan fingerprint density at radius 2 is 2.20 bits per heavy atom. The summed E-state index contributed by atoms with van der Waals surface area (Å²) in [5.41, 5.74) is 0.807. The van der Waals surface area contributed by atoms with E-state index in [1.54, 1.807) is 11.8 Å². The highest BCUT2D eigenvalue weighted by Crippen LogP contribution is 2.33. The van der Waals surface area contributed by atoms with Gasteiger partial charge in [0, 0.05) is 12.4 Å². The molecule has 0 radical (unpaired) electrons. The summed E-state index contributed by atoms with van der Waals surface area (Å²) in [6.45, 7) is 2.27. The average molecular weight is 226 g/mol. The van der Waals surface area contributed by atoms with Crippen molar-refractivity contribution in [2.75, 3.05) is 17.3 Å². The summed E-state index contributed by atoms with van der Waals surface area (Å²) in [7, 11) is 0. The molecule has 2 rings (SSSR count). The molecule has 1 aromatic carbocycles. The molecule has 0 spiro atoms. The molecule has 1 amide bonds. The predicted molar refractivity (Wildman–Crippen MR) is 59.6 cm³/mol. The molecule has 15 heavy (non-hydrogen) atoms. The lowest BCUT2D eigenvalue weighted by Gasteiger charge is -2.32. The lowest BCUT2D eigenvalue weighted by Crippen LogP contribution is -2.45. The Morgan fingerprint density at radius 1 is 1.47 bits per heavy atom. The van der Waals surface area contributed by atoms with Gasteiger partial charge in [-0.1, -0.05) is 12.1 Å². The van der Waals surface area contributed by atoms with Gasteiger partial charge in [-0.3, -0.25) is 4.79 Å². The maximum absolute atomic E-state index is 11.8. The molecule has 1 heterocycles. The zero-order chi connectivity index (χ0) is 10.8. The van der Waals surface area contributed by atoms with E-state index in [0.717, 1.165) is 11.4 Å². The number of fused-ring (bicyclic) bond motifs is 1. The minimum absolute atomic E-state index is 0.0330. The quantitative estimate of drug-likeness (QED) is 0.721. The number of halogens is 1. The number of alkyl halides is 1. The van der Waals surface area contributed by atoms with Crippen molar-refractivity contribution in [1.82, 2.24) is 0 Å². The zero-order valence-corrected chi connectivity index (χ0v) is 9.20. The number of rotatable bonds is 2. The van der Waals surface area contributed by atoms with Gasteiger partial charge in [-0.2, -0.15) is 0 Å². The Labute approximate surface area is 93.6 Å². The smallest absolute Gasteiger partial charge is 0.267 e. The number of para-hydroxylation sites is 2. The molecular formula is C11H12ClNO2. The third-order valence-electron chi connectivity index (χ3n) is 2.38. The highest BCUT2D eigenvalue weighted by Gasteiger charge is 2.30. The van der Waals surface area contributed by atoms with Crippen molar-refractivity contribution in [3.8, 4) is 5.75 Å². The van der Waals surface area contributed by atoms with E-state index in [-0.39, 0.29) is 5.91 Å². The maximum Gasteiger partial charge on any atom is 0.267 e. The Morgan fingerprint density at radius 3 is 2.93 bits per heavy atom. The standard InChI is InChI=1S/C11H12ClNO2/c1-8-11(14)13(7-6-12)9-4-2-3-5-10(9)15-8/h2-5,8H,6-7H2,1H3/t8-/m1/s1. The number of anilines is 1. The second-order valence-electron chi connectivity index (χ2n) is 3.41. The second kappa shape index (κ2) is 4.11. The summed E-state index contributed by atoms with van der Waals surface area (Å²) in [6.07, 6.45) is -0.428. The number of carbonyl (C=O) groups is 1. The Balaban J connectivity index is 2.40. The van der Waals surface area contributed by atoms with Crippen molar-refractivity contribution in [2.24, 2.45) is 0 Å². The van der Waals surface area contributed by atoms with E-state index < -0.39 is 6.10 Å². The van der Waals surface area contributed by atoms with Crippen molar-refractivity contribution in [1.29, 1.82) is 0 Å². The normalized spacial score (nSPS) is 19.7. The molecule has 1 aliphatic heterocycles. The van der Waals surface area contributed by atoms with Gasteiger partial charge in [0.2, 0.25) is 0 Å². The highest BCUT2D eigenvalue weighted by atomic mass is 35.5. The van der Waals surface area contributed by atoms with Gasteiger partial charge in [-0.05, 0) is 19.1 Å². The van der Waals surface area contributed by atoms with Crippen LogP contribution in [0.5, 0.6) is 5.75 Å². The van der Waals surface area contributed by atoms with Crippen molar-refractivity contribution in [3.05, 3.63) is 24.3 Å². The number of amides is 1. The van der Waals surface area contributed by atoms with E-state index in [9.17, 15) is 4.79 Å². The van der Waals surface area contributed by atoms with Gasteiger partial charge in [0.1, 0.15) is 5.75 Å². The van der Waals surface area contributed by atoms with E-state index in [1.165, 1.54) is 0 Å². The Hall–Kier alpha value is -1.22. The average Bonchev–Trinajstić information content (AvgIpc) is 2.25. The third-order valence-corrected chi connectivity index (χ3v) is 2.55. The van der Waals surface area contributed by atoms with Gasteiger partial charge in [0.15, 0.2) is 6.10 Å². The van der Waals surface area contributed by atoms with Gasteiger partial charge < -0.3 is 9.64 Å². The number of benzene rings is 1. The molecular weight excluding hydrogens is 214 g/mol. The summed E-state index contributed by atoms with van der Waals surface area (Å²) < 4.78 is 5.49. The summed E-state index contributed by atoms with van der Waals surface area (Å²) in [6, 6.07) is 7.50. The molecule has 0 saturated heterocycles. The van der Waals surface area contributed by atoms with E-state index >= 15 is 0 Å². The first kappa shape index (κ1) is 10.3. The molecule has 0 aliphatic carbocycles. The molecule has 0 unspecified atom stereocenters. The third kappa shape index (κ3) is 1.79. The zero-order valence-electron chi connectivity index (χ0n) is 8.44. The van der Waals surface area contributed by atoms with Crippen LogP contribution >= 0.6 is 11.6 Å². The van der Waals surface area contributed by atoms with Crippen LogP contribution in [0.25, 0.3) is 0 Å². The molecule has 0 saturated carbocycles. The predicted octanol–water partition coefficient (Wildman–Crippen LogP) is 2.04. The number of nitrogens with zero attached hydrogens (tertiary/aromatic N) is 1. The molecule has 3 nitrogen and oxygen atoms in total. The van der Waals surface area contributed by atoms with Crippen LogP contribution in [0.1, 0.15) is 6.92 Å². The van der Waals surface area contributed by atoms with Gasteiger partial charge >= 0.3 is 0 Å². The summed E-state index contributed by atoms with van der Waals surface area (Å²) >= 11 is 5.68. The molecule has 1 aromatic rings. The van der Waals surface area contributed by atoms with Crippen LogP contribution in [0.3, 0.4) is 0 Å². The first-order valence-corrected chi connectivity index (χ1v) is 5.40. The fraction of sp³-hybridized carbons (Fsp3) is 0.364. The van der Waals surface area contributed by atoms with Crippen molar-refractivity contribution < 1.29 is 9.53 Å². The number of hydrogen-bond donors (Lipinski definition) is 0. The van der Waals surface area contributed by atoms with Crippen LogP contribution in [0, 0.1) is 0 Å². The molecule has 1 atom stereocenters. The van der Waals surface area contributed by atoms with Crippen LogP contribution in [-0.4, -0.2) is 24.4 Å². The molecule has 0 aromatic heterocycles. The topological polar surface area (TPSA) is 29.5 Å². The van der Waals surface area contributed by atoms with E-state index in [1.807, 2.05) is 24.3 Å². The lowest BCUT2D eigenvalue weighted by molar-refractivity contribution is -0.125. The largest absolute Gasteiger partial charge is 0.479 e. The van der Waals surface area contributed by atoms with Crippen molar-refractivity contribution in [3.63, 3.8) is 0 Å². The van der Waals surface area contributed by atoms with E-state index in [2.05, 4.69) is 0 Å². The molecule has 0 bridgehead atoms. The van der Waals surface area contributed by atoms with Crippen molar-refractivity contribution >= 4 is 23.2 Å². The minimum Gasteiger partial charge on any atom is -0.479 e. The molecule has 0 fully saturated rings. The molecule has 1 aliphatic rings. The first-order valence-electron chi connectivity index (χ1n) is 4.87. The fourth-order valence-electron chi connectivity index (χ4n) is 1.67. The summed E-state index contributed by atoms with van der Waals surface area (Å²) in [5, 5.41) is 0. The van der Waals surface area contributed by atoms with Gasteiger partial charge in [-0.15, -0.1) is 11.6 Å². The van der Waals surface area contributed by atoms with E-state index in [0.29, 0.717) is 12.4 Å². The summed E-state index contributed by atoms with van der Waals surface area (Å²) in [4.78, 5) is 13.5. The van der Waals surface area contributed by atoms with E-state index in [4.69, 9.17) is 16.3 Å².